The van der Waals surface area contributed by atoms with E-state index in [9.17, 15) is 4.79 Å². The molecule has 1 N–H and O–H groups in total. The van der Waals surface area contributed by atoms with Crippen LogP contribution in [0.5, 0.6) is 11.5 Å². The predicted molar refractivity (Wildman–Crippen MR) is 120 cm³/mol. The topological polar surface area (TPSA) is 72.9 Å². The Morgan fingerprint density at radius 3 is 2.71 bits per heavy atom. The van der Waals surface area contributed by atoms with Crippen molar-refractivity contribution in [1.82, 2.24) is 15.2 Å². The Morgan fingerprint density at radius 2 is 2.03 bits per heavy atom. The monoisotopic (exact) mass is 427 g/mol. The Labute approximate surface area is 184 Å². The summed E-state index contributed by atoms with van der Waals surface area (Å²) in [5.41, 5.74) is 1.64. The quantitative estimate of drug-likeness (QED) is 0.588. The summed E-state index contributed by atoms with van der Waals surface area (Å²) >= 11 is 0. The van der Waals surface area contributed by atoms with E-state index in [0.29, 0.717) is 36.3 Å². The second kappa shape index (κ2) is 11.7. The lowest BCUT2D eigenvalue weighted by Gasteiger charge is -2.36. The van der Waals surface area contributed by atoms with E-state index < -0.39 is 0 Å². The number of methoxy groups -OCH3 is 2. The molecule has 0 saturated carbocycles. The Hall–Kier alpha value is -2.64. The standard InChI is InChI=1S/C24H33N3O4/c1-18(16-19-6-4-5-11-25-19)27-13-9-20(10-14-27)31-23-17-21(30-3)7-8-22(23)24(28)26-12-15-29-2/h4-8,11,17-18,20H,9-10,12-16H2,1-3H3,(H,26,28)/t18-/m1/s1. The fraction of sp³-hybridized carbons (Fsp3) is 0.500. The van der Waals surface area contributed by atoms with E-state index in [2.05, 4.69) is 28.2 Å². The highest BCUT2D eigenvalue weighted by atomic mass is 16.5. The van der Waals surface area contributed by atoms with Gasteiger partial charge in [0.25, 0.3) is 5.91 Å². The summed E-state index contributed by atoms with van der Waals surface area (Å²) in [5.74, 6) is 1.07. The molecule has 1 aliphatic heterocycles. The van der Waals surface area contributed by atoms with Gasteiger partial charge in [0.1, 0.15) is 17.6 Å². The molecule has 2 heterocycles. The number of nitrogens with zero attached hydrogens (tertiary/aromatic N) is 2. The maximum Gasteiger partial charge on any atom is 0.255 e. The van der Waals surface area contributed by atoms with Gasteiger partial charge in [0, 0.05) is 57.2 Å². The van der Waals surface area contributed by atoms with Gasteiger partial charge in [0.15, 0.2) is 0 Å². The number of amides is 1. The summed E-state index contributed by atoms with van der Waals surface area (Å²) in [4.78, 5) is 19.5. The molecule has 168 valence electrons. The number of ether oxygens (including phenoxy) is 3. The van der Waals surface area contributed by atoms with Gasteiger partial charge in [-0.05, 0) is 44.0 Å². The van der Waals surface area contributed by atoms with Gasteiger partial charge >= 0.3 is 0 Å². The third kappa shape index (κ3) is 6.67. The average molecular weight is 428 g/mol. The Bertz CT molecular complexity index is 823. The number of hydrogen-bond donors (Lipinski definition) is 1. The summed E-state index contributed by atoms with van der Waals surface area (Å²) in [6.45, 7) is 5.08. The van der Waals surface area contributed by atoms with E-state index in [4.69, 9.17) is 14.2 Å². The Balaban J connectivity index is 1.58. The highest BCUT2D eigenvalue weighted by Gasteiger charge is 2.25. The molecule has 7 nitrogen and oxygen atoms in total. The molecule has 0 spiro atoms. The van der Waals surface area contributed by atoms with Gasteiger partial charge in [-0.1, -0.05) is 6.07 Å². The fourth-order valence-corrected chi connectivity index (χ4v) is 3.84. The normalized spacial score (nSPS) is 16.0. The number of rotatable bonds is 10. The number of pyridine rings is 1. The van der Waals surface area contributed by atoms with Crippen molar-refractivity contribution in [3.63, 3.8) is 0 Å². The number of aromatic nitrogens is 1. The van der Waals surface area contributed by atoms with Crippen LogP contribution < -0.4 is 14.8 Å². The van der Waals surface area contributed by atoms with Crippen LogP contribution >= 0.6 is 0 Å². The number of carbonyl (C=O) groups is 1. The highest BCUT2D eigenvalue weighted by molar-refractivity contribution is 5.97. The first-order chi connectivity index (χ1) is 15.1. The fourth-order valence-electron chi connectivity index (χ4n) is 3.84. The van der Waals surface area contributed by atoms with Crippen molar-refractivity contribution >= 4 is 5.91 Å². The molecule has 31 heavy (non-hydrogen) atoms. The van der Waals surface area contributed by atoms with Crippen molar-refractivity contribution in [2.45, 2.75) is 38.3 Å². The van der Waals surface area contributed by atoms with Crippen LogP contribution in [-0.2, 0) is 11.2 Å². The third-order valence-electron chi connectivity index (χ3n) is 5.65. The van der Waals surface area contributed by atoms with E-state index in [1.165, 1.54) is 0 Å². The number of piperidine rings is 1. The molecule has 7 heteroatoms. The maximum absolute atomic E-state index is 12.6. The number of benzene rings is 1. The van der Waals surface area contributed by atoms with E-state index in [1.807, 2.05) is 18.3 Å². The van der Waals surface area contributed by atoms with Crippen molar-refractivity contribution in [2.75, 3.05) is 40.5 Å². The van der Waals surface area contributed by atoms with Crippen LogP contribution in [0.4, 0.5) is 0 Å². The first-order valence-electron chi connectivity index (χ1n) is 10.9. The maximum atomic E-state index is 12.6. The molecule has 1 atom stereocenters. The molecule has 0 bridgehead atoms. The Morgan fingerprint density at radius 1 is 1.23 bits per heavy atom. The lowest BCUT2D eigenvalue weighted by atomic mass is 10.0. The van der Waals surface area contributed by atoms with Crippen molar-refractivity contribution < 1.29 is 19.0 Å². The van der Waals surface area contributed by atoms with Crippen LogP contribution in [0, 0.1) is 0 Å². The minimum atomic E-state index is -0.170. The zero-order chi connectivity index (χ0) is 22.1. The largest absolute Gasteiger partial charge is 0.497 e. The first kappa shape index (κ1) is 23.0. The lowest BCUT2D eigenvalue weighted by molar-refractivity contribution is 0.0772. The number of carbonyl (C=O) groups excluding carboxylic acids is 1. The van der Waals surface area contributed by atoms with Crippen LogP contribution in [0.3, 0.4) is 0 Å². The number of hydrogen-bond acceptors (Lipinski definition) is 6. The summed E-state index contributed by atoms with van der Waals surface area (Å²) in [7, 11) is 3.22. The molecule has 1 aromatic heterocycles. The van der Waals surface area contributed by atoms with Gasteiger partial charge in [0.05, 0.1) is 19.3 Å². The van der Waals surface area contributed by atoms with Crippen LogP contribution in [-0.4, -0.2) is 68.4 Å². The lowest BCUT2D eigenvalue weighted by Crippen LogP contribution is -2.44. The van der Waals surface area contributed by atoms with Crippen molar-refractivity contribution in [1.29, 1.82) is 0 Å². The molecule has 1 fully saturated rings. The van der Waals surface area contributed by atoms with Crippen LogP contribution in [0.2, 0.25) is 0 Å². The first-order valence-corrected chi connectivity index (χ1v) is 10.9. The van der Waals surface area contributed by atoms with Crippen molar-refractivity contribution in [2.24, 2.45) is 0 Å². The van der Waals surface area contributed by atoms with Crippen LogP contribution in [0.25, 0.3) is 0 Å². The van der Waals surface area contributed by atoms with Gasteiger partial charge in [-0.15, -0.1) is 0 Å². The average Bonchev–Trinajstić information content (AvgIpc) is 2.80. The van der Waals surface area contributed by atoms with E-state index in [0.717, 1.165) is 38.0 Å². The molecule has 3 rings (SSSR count). The SMILES string of the molecule is COCCNC(=O)c1ccc(OC)cc1OC1CCN([C@H](C)Cc2ccccn2)CC1. The molecular formula is C24H33N3O4. The van der Waals surface area contributed by atoms with Gasteiger partial charge in [0.2, 0.25) is 0 Å². The molecule has 2 aromatic rings. The second-order valence-corrected chi connectivity index (χ2v) is 7.84. The van der Waals surface area contributed by atoms with E-state index in [-0.39, 0.29) is 12.0 Å². The smallest absolute Gasteiger partial charge is 0.255 e. The molecule has 1 aliphatic rings. The highest BCUT2D eigenvalue weighted by Crippen LogP contribution is 2.28. The predicted octanol–water partition coefficient (Wildman–Crippen LogP) is 2.94. The van der Waals surface area contributed by atoms with Crippen LogP contribution in [0.1, 0.15) is 35.8 Å². The zero-order valence-electron chi connectivity index (χ0n) is 18.7. The zero-order valence-corrected chi connectivity index (χ0v) is 18.7. The molecule has 0 radical (unpaired) electrons. The summed E-state index contributed by atoms with van der Waals surface area (Å²) < 4.78 is 16.6. The molecule has 0 aliphatic carbocycles. The molecule has 1 aromatic carbocycles. The van der Waals surface area contributed by atoms with Crippen LogP contribution in [0.15, 0.2) is 42.6 Å². The molecular weight excluding hydrogens is 394 g/mol. The molecule has 0 unspecified atom stereocenters. The van der Waals surface area contributed by atoms with Crippen molar-refractivity contribution in [3.05, 3.63) is 53.9 Å². The number of likely N-dealkylation sites (tertiary alicyclic amines) is 1. The minimum absolute atomic E-state index is 0.0657. The summed E-state index contributed by atoms with van der Waals surface area (Å²) in [6.07, 6.45) is 4.67. The minimum Gasteiger partial charge on any atom is -0.497 e. The van der Waals surface area contributed by atoms with Gasteiger partial charge < -0.3 is 19.5 Å². The number of nitrogens with one attached hydrogen (secondary N) is 1. The summed E-state index contributed by atoms with van der Waals surface area (Å²) in [5, 5.41) is 2.86. The summed E-state index contributed by atoms with van der Waals surface area (Å²) in [6, 6.07) is 11.8. The second-order valence-electron chi connectivity index (χ2n) is 7.84. The van der Waals surface area contributed by atoms with Crippen molar-refractivity contribution in [3.8, 4) is 11.5 Å². The van der Waals surface area contributed by atoms with Gasteiger partial charge in [-0.2, -0.15) is 0 Å². The van der Waals surface area contributed by atoms with Gasteiger partial charge in [-0.25, -0.2) is 0 Å². The van der Waals surface area contributed by atoms with Gasteiger partial charge in [-0.3, -0.25) is 14.7 Å². The third-order valence-corrected chi connectivity index (χ3v) is 5.65. The van der Waals surface area contributed by atoms with E-state index in [1.54, 1.807) is 32.4 Å². The molecule has 1 saturated heterocycles. The Kier molecular flexibility index (Phi) is 8.67. The van der Waals surface area contributed by atoms with E-state index >= 15 is 0 Å². The molecule has 1 amide bonds.